The first-order chi connectivity index (χ1) is 12.8. The summed E-state index contributed by atoms with van der Waals surface area (Å²) in [5, 5.41) is 0. The topological polar surface area (TPSA) is 102 Å². The number of morpholine rings is 1. The Hall–Kier alpha value is -2.65. The van der Waals surface area contributed by atoms with Gasteiger partial charge in [0.25, 0.3) is 15.9 Å². The number of hydrogen-bond donors (Lipinski definition) is 2. The van der Waals surface area contributed by atoms with Crippen LogP contribution in [0.2, 0.25) is 0 Å². The number of primary amides is 1. The van der Waals surface area contributed by atoms with Crippen LogP contribution in [0.25, 0.3) is 0 Å². The molecule has 1 aliphatic heterocycles. The molecule has 3 N–H and O–H groups in total. The number of anilines is 2. The zero-order valence-electron chi connectivity index (χ0n) is 14.7. The van der Waals surface area contributed by atoms with Gasteiger partial charge in [0.2, 0.25) is 0 Å². The van der Waals surface area contributed by atoms with Crippen LogP contribution in [0.3, 0.4) is 0 Å². The first kappa shape index (κ1) is 19.1. The van der Waals surface area contributed by atoms with E-state index in [-0.39, 0.29) is 11.3 Å². The summed E-state index contributed by atoms with van der Waals surface area (Å²) in [4.78, 5) is 13.4. The van der Waals surface area contributed by atoms with E-state index in [1.54, 1.807) is 13.0 Å². The first-order valence-corrected chi connectivity index (χ1v) is 9.82. The number of carbonyl (C=O) groups is 1. The summed E-state index contributed by atoms with van der Waals surface area (Å²) in [5.74, 6) is -1.65. The third kappa shape index (κ3) is 4.20. The lowest BCUT2D eigenvalue weighted by Gasteiger charge is -2.29. The van der Waals surface area contributed by atoms with E-state index in [9.17, 15) is 17.6 Å². The Morgan fingerprint density at radius 1 is 1.19 bits per heavy atom. The molecular formula is C18H20FN3O4S. The molecule has 1 aliphatic rings. The highest BCUT2D eigenvalue weighted by Crippen LogP contribution is 2.27. The Morgan fingerprint density at radius 3 is 2.52 bits per heavy atom. The van der Waals surface area contributed by atoms with Gasteiger partial charge in [0, 0.05) is 18.8 Å². The predicted octanol–water partition coefficient (Wildman–Crippen LogP) is 1.87. The third-order valence-corrected chi connectivity index (χ3v) is 5.66. The number of rotatable bonds is 5. The highest BCUT2D eigenvalue weighted by Gasteiger charge is 2.22. The van der Waals surface area contributed by atoms with Crippen molar-refractivity contribution in [3.63, 3.8) is 0 Å². The van der Waals surface area contributed by atoms with Crippen LogP contribution in [0.15, 0.2) is 41.3 Å². The minimum atomic E-state index is -4.22. The Kier molecular flexibility index (Phi) is 5.33. The number of aryl methyl sites for hydroxylation is 1. The summed E-state index contributed by atoms with van der Waals surface area (Å²) >= 11 is 0. The number of amides is 1. The van der Waals surface area contributed by atoms with E-state index in [1.807, 2.05) is 4.90 Å². The van der Waals surface area contributed by atoms with Gasteiger partial charge in [-0.3, -0.25) is 9.52 Å². The number of halogens is 1. The molecule has 0 radical (unpaired) electrons. The van der Waals surface area contributed by atoms with Gasteiger partial charge in [-0.25, -0.2) is 12.8 Å². The lowest BCUT2D eigenvalue weighted by molar-refractivity contribution is 0.100. The smallest absolute Gasteiger partial charge is 0.264 e. The van der Waals surface area contributed by atoms with Crippen molar-refractivity contribution in [3.8, 4) is 0 Å². The van der Waals surface area contributed by atoms with E-state index in [0.717, 1.165) is 11.8 Å². The zero-order chi connectivity index (χ0) is 19.6. The van der Waals surface area contributed by atoms with Gasteiger partial charge >= 0.3 is 0 Å². The molecule has 0 aromatic heterocycles. The SMILES string of the molecule is Cc1ccc(S(=O)(=O)Nc2ccc(N3CCOCC3)cc2C(N)=O)c(F)c1. The highest BCUT2D eigenvalue weighted by molar-refractivity contribution is 7.92. The van der Waals surface area contributed by atoms with Gasteiger partial charge in [-0.1, -0.05) is 6.07 Å². The molecule has 1 amide bonds. The van der Waals surface area contributed by atoms with Crippen molar-refractivity contribution in [1.82, 2.24) is 0 Å². The van der Waals surface area contributed by atoms with Crippen LogP contribution in [0.1, 0.15) is 15.9 Å². The molecule has 0 bridgehead atoms. The van der Waals surface area contributed by atoms with Crippen molar-refractivity contribution in [2.75, 3.05) is 35.9 Å². The summed E-state index contributed by atoms with van der Waals surface area (Å²) in [6.07, 6.45) is 0. The predicted molar refractivity (Wildman–Crippen MR) is 99.9 cm³/mol. The molecule has 1 heterocycles. The highest BCUT2D eigenvalue weighted by atomic mass is 32.2. The standard InChI is InChI=1S/C18H20FN3O4S/c1-12-2-5-17(15(19)10-12)27(24,25)21-16-4-3-13(11-14(16)18(20)23)22-6-8-26-9-7-22/h2-5,10-11,21H,6-9H2,1H3,(H2,20,23). The second kappa shape index (κ2) is 7.53. The van der Waals surface area contributed by atoms with Gasteiger partial charge in [-0.2, -0.15) is 0 Å². The van der Waals surface area contributed by atoms with Gasteiger partial charge in [-0.05, 0) is 42.8 Å². The molecule has 0 atom stereocenters. The van der Waals surface area contributed by atoms with Crippen LogP contribution < -0.4 is 15.4 Å². The van der Waals surface area contributed by atoms with E-state index < -0.39 is 26.6 Å². The number of benzene rings is 2. The fourth-order valence-electron chi connectivity index (χ4n) is 2.87. The van der Waals surface area contributed by atoms with Crippen LogP contribution in [0.4, 0.5) is 15.8 Å². The first-order valence-electron chi connectivity index (χ1n) is 8.33. The molecule has 2 aromatic rings. The van der Waals surface area contributed by atoms with E-state index in [4.69, 9.17) is 10.5 Å². The van der Waals surface area contributed by atoms with E-state index in [1.165, 1.54) is 24.3 Å². The van der Waals surface area contributed by atoms with E-state index >= 15 is 0 Å². The maximum absolute atomic E-state index is 14.1. The van der Waals surface area contributed by atoms with Crippen LogP contribution in [0.5, 0.6) is 0 Å². The van der Waals surface area contributed by atoms with Crippen molar-refractivity contribution in [3.05, 3.63) is 53.3 Å². The van der Waals surface area contributed by atoms with Gasteiger partial charge < -0.3 is 15.4 Å². The van der Waals surface area contributed by atoms with Crippen LogP contribution in [-0.2, 0) is 14.8 Å². The van der Waals surface area contributed by atoms with Gasteiger partial charge in [0.05, 0.1) is 24.5 Å². The monoisotopic (exact) mass is 393 g/mol. The van der Waals surface area contributed by atoms with Crippen LogP contribution >= 0.6 is 0 Å². The van der Waals surface area contributed by atoms with Crippen LogP contribution in [-0.4, -0.2) is 40.6 Å². The molecule has 0 aliphatic carbocycles. The Labute approximate surface area is 157 Å². The number of carbonyl (C=O) groups excluding carboxylic acids is 1. The second-order valence-corrected chi connectivity index (χ2v) is 7.88. The summed E-state index contributed by atoms with van der Waals surface area (Å²) < 4.78 is 46.8. The van der Waals surface area contributed by atoms with Crippen molar-refractivity contribution in [2.24, 2.45) is 5.73 Å². The Bertz CT molecular complexity index is 973. The maximum atomic E-state index is 14.1. The fourth-order valence-corrected chi connectivity index (χ4v) is 4.01. The molecule has 9 heteroatoms. The Morgan fingerprint density at radius 2 is 1.89 bits per heavy atom. The maximum Gasteiger partial charge on any atom is 0.264 e. The lowest BCUT2D eigenvalue weighted by atomic mass is 10.1. The number of nitrogens with two attached hydrogens (primary N) is 1. The molecule has 7 nitrogen and oxygen atoms in total. The van der Waals surface area contributed by atoms with E-state index in [2.05, 4.69) is 4.72 Å². The molecule has 2 aromatic carbocycles. The van der Waals surface area contributed by atoms with Gasteiger partial charge in [-0.15, -0.1) is 0 Å². The molecule has 0 unspecified atom stereocenters. The number of hydrogen-bond acceptors (Lipinski definition) is 5. The summed E-state index contributed by atoms with van der Waals surface area (Å²) in [5.41, 5.74) is 6.77. The van der Waals surface area contributed by atoms with Gasteiger partial charge in [0.1, 0.15) is 10.7 Å². The number of nitrogens with zero attached hydrogens (tertiary/aromatic N) is 1. The van der Waals surface area contributed by atoms with Crippen molar-refractivity contribution >= 4 is 27.3 Å². The Balaban J connectivity index is 1.94. The minimum Gasteiger partial charge on any atom is -0.378 e. The zero-order valence-corrected chi connectivity index (χ0v) is 15.6. The number of nitrogens with one attached hydrogen (secondary N) is 1. The quantitative estimate of drug-likeness (QED) is 0.808. The fraction of sp³-hybridized carbons (Fsp3) is 0.278. The van der Waals surface area contributed by atoms with Crippen molar-refractivity contribution in [1.29, 1.82) is 0 Å². The number of ether oxygens (including phenoxy) is 1. The normalized spacial score (nSPS) is 14.8. The van der Waals surface area contributed by atoms with E-state index in [0.29, 0.717) is 31.9 Å². The third-order valence-electron chi connectivity index (χ3n) is 4.27. The molecule has 0 saturated carbocycles. The van der Waals surface area contributed by atoms with Crippen molar-refractivity contribution < 1.29 is 22.3 Å². The number of sulfonamides is 1. The average molecular weight is 393 g/mol. The largest absolute Gasteiger partial charge is 0.378 e. The average Bonchev–Trinajstić information content (AvgIpc) is 2.62. The molecule has 144 valence electrons. The minimum absolute atomic E-state index is 0.000477. The second-order valence-electron chi connectivity index (χ2n) is 6.23. The molecular weight excluding hydrogens is 373 g/mol. The summed E-state index contributed by atoms with van der Waals surface area (Å²) in [6.45, 7) is 4.08. The molecule has 1 fully saturated rings. The van der Waals surface area contributed by atoms with Crippen molar-refractivity contribution in [2.45, 2.75) is 11.8 Å². The molecule has 3 rings (SSSR count). The summed E-state index contributed by atoms with van der Waals surface area (Å²) in [6, 6.07) is 8.46. The summed E-state index contributed by atoms with van der Waals surface area (Å²) in [7, 11) is -4.22. The van der Waals surface area contributed by atoms with Crippen LogP contribution in [0, 0.1) is 12.7 Å². The lowest BCUT2D eigenvalue weighted by Crippen LogP contribution is -2.36. The van der Waals surface area contributed by atoms with Gasteiger partial charge in [0.15, 0.2) is 0 Å². The molecule has 27 heavy (non-hydrogen) atoms. The molecule has 1 saturated heterocycles. The molecule has 0 spiro atoms.